The van der Waals surface area contributed by atoms with Gasteiger partial charge in [0.1, 0.15) is 0 Å². The molecule has 120 valence electrons. The zero-order chi connectivity index (χ0) is 16.7. The fourth-order valence-corrected chi connectivity index (χ4v) is 2.85. The number of rotatable bonds is 6. The molecule has 0 aromatic heterocycles. The average molecular weight is 352 g/mol. The molecule has 0 fully saturated rings. The third kappa shape index (κ3) is 5.48. The second-order valence-corrected chi connectivity index (χ2v) is 6.69. The zero-order valence-electron chi connectivity index (χ0n) is 11.9. The van der Waals surface area contributed by atoms with Crippen molar-refractivity contribution >= 4 is 33.7 Å². The molecule has 0 saturated carbocycles. The van der Waals surface area contributed by atoms with E-state index in [4.69, 9.17) is 11.6 Å². The minimum absolute atomic E-state index is 0.0928. The van der Waals surface area contributed by atoms with Crippen molar-refractivity contribution in [3.05, 3.63) is 65.2 Å². The van der Waals surface area contributed by atoms with Gasteiger partial charge in [0, 0.05) is 5.02 Å². The molecule has 0 unspecified atom stereocenters. The lowest BCUT2D eigenvalue weighted by Gasteiger charge is -2.05. The smallest absolute Gasteiger partial charge is 0.255 e. The highest BCUT2D eigenvalue weighted by Gasteiger charge is 2.14. The largest absolute Gasteiger partial charge is 0.272 e. The molecule has 8 heteroatoms. The summed E-state index contributed by atoms with van der Waals surface area (Å²) in [4.78, 5) is 11.7. The van der Waals surface area contributed by atoms with Crippen LogP contribution in [0.1, 0.15) is 5.56 Å². The molecular formula is C15H14ClN3O3S. The predicted octanol–water partition coefficient (Wildman–Crippen LogP) is 1.77. The van der Waals surface area contributed by atoms with Gasteiger partial charge in [0.25, 0.3) is 5.91 Å². The highest BCUT2D eigenvalue weighted by Crippen LogP contribution is 2.08. The number of halogens is 1. The first-order chi connectivity index (χ1) is 11.0. The Balaban J connectivity index is 1.86. The standard InChI is InChI=1S/C15H14ClN3O3S/c16-13-6-4-5-12(9-13)10-17-19-15(20)11-18-23(21,22)14-7-2-1-3-8-14/h1-10,18H,11H2,(H,19,20)/b17-10+. The van der Waals surface area contributed by atoms with Gasteiger partial charge < -0.3 is 0 Å². The average Bonchev–Trinajstić information content (AvgIpc) is 2.54. The molecule has 6 nitrogen and oxygen atoms in total. The SMILES string of the molecule is O=C(CNS(=O)(=O)c1ccccc1)N/N=C/c1cccc(Cl)c1. The molecule has 0 heterocycles. The van der Waals surface area contributed by atoms with Crippen molar-refractivity contribution in [2.75, 3.05) is 6.54 Å². The molecule has 1 amide bonds. The van der Waals surface area contributed by atoms with E-state index >= 15 is 0 Å². The molecule has 23 heavy (non-hydrogen) atoms. The van der Waals surface area contributed by atoms with E-state index in [0.717, 1.165) is 0 Å². The maximum absolute atomic E-state index is 11.9. The lowest BCUT2D eigenvalue weighted by atomic mass is 10.2. The predicted molar refractivity (Wildman–Crippen MR) is 88.8 cm³/mol. The molecule has 2 rings (SSSR count). The Bertz CT molecular complexity index is 808. The van der Waals surface area contributed by atoms with E-state index in [0.29, 0.717) is 10.6 Å². The number of amides is 1. The van der Waals surface area contributed by atoms with E-state index in [9.17, 15) is 13.2 Å². The lowest BCUT2D eigenvalue weighted by Crippen LogP contribution is -2.34. The fraction of sp³-hybridized carbons (Fsp3) is 0.0667. The molecule has 2 aromatic rings. The Morgan fingerprint density at radius 1 is 1.13 bits per heavy atom. The van der Waals surface area contributed by atoms with Crippen LogP contribution in [0.5, 0.6) is 0 Å². The van der Waals surface area contributed by atoms with Gasteiger partial charge in [0.05, 0.1) is 17.7 Å². The van der Waals surface area contributed by atoms with Gasteiger partial charge in [-0.3, -0.25) is 4.79 Å². The van der Waals surface area contributed by atoms with Crippen LogP contribution in [0.4, 0.5) is 0 Å². The number of nitrogens with zero attached hydrogens (tertiary/aromatic N) is 1. The number of hydrogen-bond acceptors (Lipinski definition) is 4. The van der Waals surface area contributed by atoms with Crippen LogP contribution in [0.15, 0.2) is 64.6 Å². The first kappa shape index (κ1) is 17.1. The summed E-state index contributed by atoms with van der Waals surface area (Å²) < 4.78 is 26.0. The number of nitrogens with one attached hydrogen (secondary N) is 2. The number of benzene rings is 2. The molecular weight excluding hydrogens is 338 g/mol. The van der Waals surface area contributed by atoms with Crippen LogP contribution in [0, 0.1) is 0 Å². The van der Waals surface area contributed by atoms with E-state index in [1.165, 1.54) is 18.3 Å². The number of sulfonamides is 1. The van der Waals surface area contributed by atoms with Crippen molar-refractivity contribution in [2.45, 2.75) is 4.90 Å². The third-order valence-corrected chi connectivity index (χ3v) is 4.38. The minimum Gasteiger partial charge on any atom is -0.272 e. The van der Waals surface area contributed by atoms with Gasteiger partial charge in [0.2, 0.25) is 10.0 Å². The second kappa shape index (κ2) is 7.87. The van der Waals surface area contributed by atoms with Gasteiger partial charge in [-0.25, -0.2) is 18.6 Å². The number of hydrogen-bond donors (Lipinski definition) is 2. The van der Waals surface area contributed by atoms with E-state index in [-0.39, 0.29) is 4.90 Å². The number of carbonyl (C=O) groups is 1. The molecule has 2 N–H and O–H groups in total. The second-order valence-electron chi connectivity index (χ2n) is 4.49. The zero-order valence-corrected chi connectivity index (χ0v) is 13.5. The van der Waals surface area contributed by atoms with Crippen molar-refractivity contribution in [3.8, 4) is 0 Å². The Morgan fingerprint density at radius 2 is 1.87 bits per heavy atom. The number of carbonyl (C=O) groups excluding carboxylic acids is 1. The van der Waals surface area contributed by atoms with Crippen molar-refractivity contribution in [2.24, 2.45) is 5.10 Å². The van der Waals surface area contributed by atoms with Crippen LogP contribution < -0.4 is 10.1 Å². The van der Waals surface area contributed by atoms with E-state index in [1.54, 1.807) is 42.5 Å². The molecule has 0 saturated heterocycles. The number of hydrazone groups is 1. The molecule has 0 aliphatic rings. The summed E-state index contributed by atoms with van der Waals surface area (Å²) in [6.07, 6.45) is 1.41. The van der Waals surface area contributed by atoms with E-state index < -0.39 is 22.5 Å². The van der Waals surface area contributed by atoms with Gasteiger partial charge in [0.15, 0.2) is 0 Å². The van der Waals surface area contributed by atoms with Gasteiger partial charge in [-0.1, -0.05) is 41.9 Å². The third-order valence-electron chi connectivity index (χ3n) is 2.73. The maximum atomic E-state index is 11.9. The first-order valence-corrected chi connectivity index (χ1v) is 8.46. The first-order valence-electron chi connectivity index (χ1n) is 6.59. The van der Waals surface area contributed by atoms with Crippen LogP contribution in [0.2, 0.25) is 5.02 Å². The normalized spacial score (nSPS) is 11.5. The molecule has 0 atom stereocenters. The quantitative estimate of drug-likeness (QED) is 0.614. The van der Waals surface area contributed by atoms with Crippen LogP contribution >= 0.6 is 11.6 Å². The summed E-state index contributed by atoms with van der Waals surface area (Å²) in [6, 6.07) is 14.7. The summed E-state index contributed by atoms with van der Waals surface area (Å²) in [5.74, 6) is -0.581. The van der Waals surface area contributed by atoms with E-state index in [2.05, 4.69) is 15.2 Å². The molecule has 0 aliphatic heterocycles. The molecule has 0 radical (unpaired) electrons. The van der Waals surface area contributed by atoms with Crippen LogP contribution in [0.3, 0.4) is 0 Å². The fourth-order valence-electron chi connectivity index (χ4n) is 1.65. The Kier molecular flexibility index (Phi) is 5.86. The highest BCUT2D eigenvalue weighted by atomic mass is 35.5. The lowest BCUT2D eigenvalue weighted by molar-refractivity contribution is -0.119. The summed E-state index contributed by atoms with van der Waals surface area (Å²) >= 11 is 5.82. The summed E-state index contributed by atoms with van der Waals surface area (Å²) in [5, 5.41) is 4.29. The summed E-state index contributed by atoms with van der Waals surface area (Å²) in [7, 11) is -3.72. The van der Waals surface area contributed by atoms with Crippen LogP contribution in [-0.2, 0) is 14.8 Å². The Morgan fingerprint density at radius 3 is 2.57 bits per heavy atom. The van der Waals surface area contributed by atoms with Gasteiger partial charge in [-0.05, 0) is 29.8 Å². The van der Waals surface area contributed by atoms with Gasteiger partial charge >= 0.3 is 0 Å². The summed E-state index contributed by atoms with van der Waals surface area (Å²) in [5.41, 5.74) is 2.95. The van der Waals surface area contributed by atoms with Crippen molar-refractivity contribution in [3.63, 3.8) is 0 Å². The minimum atomic E-state index is -3.72. The monoisotopic (exact) mass is 351 g/mol. The maximum Gasteiger partial charge on any atom is 0.255 e. The summed E-state index contributed by atoms with van der Waals surface area (Å²) in [6.45, 7) is -0.413. The molecule has 0 bridgehead atoms. The van der Waals surface area contributed by atoms with Crippen molar-refractivity contribution < 1.29 is 13.2 Å². The van der Waals surface area contributed by atoms with Crippen LogP contribution in [-0.4, -0.2) is 27.1 Å². The van der Waals surface area contributed by atoms with E-state index in [1.807, 2.05) is 0 Å². The van der Waals surface area contributed by atoms with Gasteiger partial charge in [-0.2, -0.15) is 5.10 Å². The topological polar surface area (TPSA) is 87.6 Å². The van der Waals surface area contributed by atoms with Crippen LogP contribution in [0.25, 0.3) is 0 Å². The Hall–Kier alpha value is -2.22. The molecule has 2 aromatic carbocycles. The Labute approximate surface area is 139 Å². The van der Waals surface area contributed by atoms with Gasteiger partial charge in [-0.15, -0.1) is 0 Å². The van der Waals surface area contributed by atoms with Crippen molar-refractivity contribution in [1.29, 1.82) is 0 Å². The highest BCUT2D eigenvalue weighted by molar-refractivity contribution is 7.89. The molecule has 0 spiro atoms. The molecule has 0 aliphatic carbocycles. The van der Waals surface area contributed by atoms with Crippen molar-refractivity contribution in [1.82, 2.24) is 10.1 Å².